The molecule has 16 heavy (non-hydrogen) atoms. The summed E-state index contributed by atoms with van der Waals surface area (Å²) in [5, 5.41) is 12.8. The highest BCUT2D eigenvalue weighted by Crippen LogP contribution is 2.21. The van der Waals surface area contributed by atoms with Gasteiger partial charge in [-0.25, -0.2) is 9.66 Å². The number of hydrogen-bond acceptors (Lipinski definition) is 3. The molecular weight excluding hydrogens is 247 g/mol. The molecule has 0 aliphatic heterocycles. The molecule has 1 aromatic heterocycles. The molecule has 0 N–H and O–H groups in total. The van der Waals surface area contributed by atoms with Crippen molar-refractivity contribution in [3.05, 3.63) is 29.6 Å². The smallest absolute Gasteiger partial charge is 0.216 e. The van der Waals surface area contributed by atoms with Crippen LogP contribution in [0.5, 0.6) is 0 Å². The minimum atomic E-state index is -0.110. The first-order valence-electron chi connectivity index (χ1n) is 4.40. The van der Waals surface area contributed by atoms with Gasteiger partial charge in [0.15, 0.2) is 0 Å². The first kappa shape index (κ1) is 10.9. The lowest BCUT2D eigenvalue weighted by Crippen LogP contribution is -1.91. The molecule has 0 unspecified atom stereocenters. The summed E-state index contributed by atoms with van der Waals surface area (Å²) in [4.78, 5) is 4.12. The van der Waals surface area contributed by atoms with E-state index in [9.17, 15) is 0 Å². The molecular formula is C10H6Cl2N4. The van der Waals surface area contributed by atoms with Crippen molar-refractivity contribution < 1.29 is 0 Å². The maximum Gasteiger partial charge on any atom is 0.216 e. The third kappa shape index (κ3) is 1.75. The van der Waals surface area contributed by atoms with Crippen LogP contribution in [-0.2, 0) is 0 Å². The molecule has 2 aromatic rings. The van der Waals surface area contributed by atoms with E-state index in [0.717, 1.165) is 11.1 Å². The Kier molecular flexibility index (Phi) is 2.82. The van der Waals surface area contributed by atoms with Crippen LogP contribution in [0.3, 0.4) is 0 Å². The SMILES string of the molecule is Cc1ccc(C#N)c2ncn(N=C(Cl)Cl)c12. The van der Waals surface area contributed by atoms with E-state index in [2.05, 4.69) is 16.2 Å². The van der Waals surface area contributed by atoms with Crippen LogP contribution in [0.15, 0.2) is 23.6 Å². The quantitative estimate of drug-likeness (QED) is 0.733. The summed E-state index contributed by atoms with van der Waals surface area (Å²) < 4.78 is 1.35. The molecule has 0 atom stereocenters. The second-order valence-electron chi connectivity index (χ2n) is 3.17. The Hall–Kier alpha value is -1.57. The van der Waals surface area contributed by atoms with E-state index in [1.807, 2.05) is 13.0 Å². The largest absolute Gasteiger partial charge is 0.233 e. The number of aryl methyl sites for hydroxylation is 1. The molecule has 1 aromatic carbocycles. The number of halogens is 2. The summed E-state index contributed by atoms with van der Waals surface area (Å²) in [6.07, 6.45) is 1.48. The van der Waals surface area contributed by atoms with Crippen molar-refractivity contribution in [1.29, 1.82) is 5.26 Å². The second kappa shape index (κ2) is 4.12. The number of imidazole rings is 1. The van der Waals surface area contributed by atoms with Gasteiger partial charge in [0.25, 0.3) is 0 Å². The molecule has 0 spiro atoms. The third-order valence-electron chi connectivity index (χ3n) is 2.18. The molecule has 4 nitrogen and oxygen atoms in total. The highest BCUT2D eigenvalue weighted by atomic mass is 35.5. The summed E-state index contributed by atoms with van der Waals surface area (Å²) in [7, 11) is 0. The van der Waals surface area contributed by atoms with Crippen LogP contribution in [-0.4, -0.2) is 14.3 Å². The summed E-state index contributed by atoms with van der Waals surface area (Å²) >= 11 is 11.0. The highest BCUT2D eigenvalue weighted by molar-refractivity contribution is 6.95. The van der Waals surface area contributed by atoms with Gasteiger partial charge in [-0.15, -0.1) is 5.10 Å². The van der Waals surface area contributed by atoms with E-state index in [0.29, 0.717) is 11.1 Å². The number of nitrogens with zero attached hydrogens (tertiary/aromatic N) is 4. The summed E-state index contributed by atoms with van der Waals surface area (Å²) in [6, 6.07) is 5.63. The van der Waals surface area contributed by atoms with Crippen molar-refractivity contribution in [2.75, 3.05) is 0 Å². The molecule has 0 saturated heterocycles. The molecule has 1 heterocycles. The number of aromatic nitrogens is 2. The standard InChI is InChI=1S/C10H6Cl2N4/c1-6-2-3-7(4-13)8-9(6)16(5-14-8)15-10(11)12/h2-3,5H,1H3. The normalized spacial score (nSPS) is 10.1. The zero-order valence-corrected chi connectivity index (χ0v) is 9.79. The monoisotopic (exact) mass is 252 g/mol. The van der Waals surface area contributed by atoms with Gasteiger partial charge < -0.3 is 0 Å². The lowest BCUT2D eigenvalue weighted by molar-refractivity contribution is 0.912. The molecule has 0 fully saturated rings. The fourth-order valence-corrected chi connectivity index (χ4v) is 1.68. The van der Waals surface area contributed by atoms with Gasteiger partial charge in [0.2, 0.25) is 4.63 Å². The van der Waals surface area contributed by atoms with Crippen LogP contribution in [0.4, 0.5) is 0 Å². The minimum absolute atomic E-state index is 0.110. The first-order valence-corrected chi connectivity index (χ1v) is 5.16. The number of benzene rings is 1. The van der Waals surface area contributed by atoms with E-state index < -0.39 is 0 Å². The highest BCUT2D eigenvalue weighted by Gasteiger charge is 2.09. The van der Waals surface area contributed by atoms with Gasteiger partial charge in [0, 0.05) is 0 Å². The van der Waals surface area contributed by atoms with E-state index in [-0.39, 0.29) is 4.63 Å². The van der Waals surface area contributed by atoms with Crippen molar-refractivity contribution in [1.82, 2.24) is 9.66 Å². The molecule has 0 aliphatic rings. The molecule has 0 bridgehead atoms. The zero-order valence-electron chi connectivity index (χ0n) is 8.28. The van der Waals surface area contributed by atoms with Crippen molar-refractivity contribution in [3.63, 3.8) is 0 Å². The van der Waals surface area contributed by atoms with Crippen molar-refractivity contribution in [2.24, 2.45) is 5.10 Å². The van der Waals surface area contributed by atoms with Gasteiger partial charge in [-0.1, -0.05) is 6.07 Å². The summed E-state index contributed by atoms with van der Waals surface area (Å²) in [5.74, 6) is 0. The first-order chi connectivity index (χ1) is 7.63. The van der Waals surface area contributed by atoms with Crippen molar-refractivity contribution >= 4 is 38.9 Å². The van der Waals surface area contributed by atoms with E-state index >= 15 is 0 Å². The van der Waals surface area contributed by atoms with Crippen LogP contribution in [0.1, 0.15) is 11.1 Å². The van der Waals surface area contributed by atoms with Crippen LogP contribution in [0, 0.1) is 18.3 Å². The lowest BCUT2D eigenvalue weighted by Gasteiger charge is -2.00. The van der Waals surface area contributed by atoms with Gasteiger partial charge in [-0.2, -0.15) is 5.26 Å². The fraction of sp³-hybridized carbons (Fsp3) is 0.100. The van der Waals surface area contributed by atoms with E-state index in [1.54, 1.807) is 6.07 Å². The molecule has 0 aliphatic carbocycles. The summed E-state index contributed by atoms with van der Waals surface area (Å²) in [6.45, 7) is 1.90. The van der Waals surface area contributed by atoms with E-state index in [4.69, 9.17) is 28.5 Å². The minimum Gasteiger partial charge on any atom is -0.233 e. The average molecular weight is 253 g/mol. The van der Waals surface area contributed by atoms with Gasteiger partial charge in [0.05, 0.1) is 11.1 Å². The van der Waals surface area contributed by atoms with Crippen LogP contribution >= 0.6 is 23.2 Å². The van der Waals surface area contributed by atoms with Crippen molar-refractivity contribution in [2.45, 2.75) is 6.92 Å². The average Bonchev–Trinajstić information content (AvgIpc) is 2.63. The predicted molar refractivity (Wildman–Crippen MR) is 63.7 cm³/mol. The Balaban J connectivity index is 2.82. The van der Waals surface area contributed by atoms with Gasteiger partial charge in [0.1, 0.15) is 17.9 Å². The van der Waals surface area contributed by atoms with Gasteiger partial charge in [-0.3, -0.25) is 0 Å². The Morgan fingerprint density at radius 1 is 1.50 bits per heavy atom. The lowest BCUT2D eigenvalue weighted by atomic mass is 10.1. The topological polar surface area (TPSA) is 54.0 Å². The van der Waals surface area contributed by atoms with Gasteiger partial charge in [-0.05, 0) is 41.8 Å². The Morgan fingerprint density at radius 3 is 2.88 bits per heavy atom. The Labute approximate surface area is 102 Å². The molecule has 2 rings (SSSR count). The van der Waals surface area contributed by atoms with Crippen LogP contribution in [0.25, 0.3) is 11.0 Å². The van der Waals surface area contributed by atoms with E-state index in [1.165, 1.54) is 11.0 Å². The zero-order chi connectivity index (χ0) is 11.7. The second-order valence-corrected chi connectivity index (χ2v) is 4.08. The maximum atomic E-state index is 8.93. The number of hydrogen-bond donors (Lipinski definition) is 0. The molecule has 0 radical (unpaired) electrons. The molecule has 0 amide bonds. The number of fused-ring (bicyclic) bond motifs is 1. The molecule has 80 valence electrons. The fourth-order valence-electron chi connectivity index (χ4n) is 1.52. The number of rotatable bonds is 1. The van der Waals surface area contributed by atoms with Crippen LogP contribution < -0.4 is 0 Å². The predicted octanol–water partition coefficient (Wildman–Crippen LogP) is 2.81. The molecule has 0 saturated carbocycles. The van der Waals surface area contributed by atoms with Crippen molar-refractivity contribution in [3.8, 4) is 6.07 Å². The van der Waals surface area contributed by atoms with Gasteiger partial charge >= 0.3 is 0 Å². The third-order valence-corrected chi connectivity index (χ3v) is 2.33. The summed E-state index contributed by atoms with van der Waals surface area (Å²) in [5.41, 5.74) is 2.78. The Bertz CT molecular complexity index is 618. The number of nitriles is 1. The Morgan fingerprint density at radius 2 is 2.25 bits per heavy atom. The molecule has 6 heteroatoms. The van der Waals surface area contributed by atoms with Crippen LogP contribution in [0.2, 0.25) is 0 Å². The maximum absolute atomic E-state index is 8.93.